The lowest BCUT2D eigenvalue weighted by atomic mass is 10.0. The third-order valence-electron chi connectivity index (χ3n) is 3.57. The van der Waals surface area contributed by atoms with Crippen LogP contribution in [0.25, 0.3) is 0 Å². The number of rotatable bonds is 10. The van der Waals surface area contributed by atoms with Gasteiger partial charge in [-0.2, -0.15) is 0 Å². The second-order valence-electron chi connectivity index (χ2n) is 5.12. The first-order valence-electron chi connectivity index (χ1n) is 7.96. The Labute approximate surface area is 129 Å². The maximum absolute atomic E-state index is 6.07. The molecule has 0 heterocycles. The van der Waals surface area contributed by atoms with Crippen molar-refractivity contribution in [1.29, 1.82) is 0 Å². The highest BCUT2D eigenvalue weighted by Gasteiger charge is 2.21. The van der Waals surface area contributed by atoms with Gasteiger partial charge < -0.3 is 15.2 Å². The third-order valence-corrected chi connectivity index (χ3v) is 3.57. The lowest BCUT2D eigenvalue weighted by molar-refractivity contribution is 0.196. The molecule has 2 N–H and O–H groups in total. The number of nitrogens with zero attached hydrogens (tertiary/aromatic N) is 1. The van der Waals surface area contributed by atoms with E-state index in [1.807, 2.05) is 19.1 Å². The lowest BCUT2D eigenvalue weighted by Gasteiger charge is -2.32. The highest BCUT2D eigenvalue weighted by atomic mass is 16.5. The van der Waals surface area contributed by atoms with E-state index in [0.717, 1.165) is 43.0 Å². The fraction of sp³-hybridized carbons (Fsp3) is 0.647. The molecule has 0 saturated carbocycles. The normalized spacial score (nSPS) is 12.5. The minimum Gasteiger partial charge on any atom is -0.497 e. The Bertz CT molecular complexity index is 404. The van der Waals surface area contributed by atoms with E-state index < -0.39 is 0 Å². The number of hydrogen-bond donors (Lipinski definition) is 1. The molecule has 0 saturated heterocycles. The summed E-state index contributed by atoms with van der Waals surface area (Å²) in [5, 5.41) is 0. The number of hydrogen-bond acceptors (Lipinski definition) is 4. The first-order chi connectivity index (χ1) is 10.2. The van der Waals surface area contributed by atoms with Crippen LogP contribution in [0.5, 0.6) is 11.5 Å². The second-order valence-corrected chi connectivity index (χ2v) is 5.12. The molecule has 0 fully saturated rings. The van der Waals surface area contributed by atoms with Crippen molar-refractivity contribution in [3.8, 4) is 11.5 Å². The zero-order valence-corrected chi connectivity index (χ0v) is 13.9. The van der Waals surface area contributed by atoms with Gasteiger partial charge in [0.15, 0.2) is 0 Å². The van der Waals surface area contributed by atoms with E-state index in [1.54, 1.807) is 7.11 Å². The molecule has 0 amide bonds. The van der Waals surface area contributed by atoms with Gasteiger partial charge in [0.25, 0.3) is 0 Å². The summed E-state index contributed by atoms with van der Waals surface area (Å²) >= 11 is 0. The van der Waals surface area contributed by atoms with Crippen molar-refractivity contribution in [2.45, 2.75) is 39.7 Å². The van der Waals surface area contributed by atoms with Crippen molar-refractivity contribution < 1.29 is 9.47 Å². The Balaban J connectivity index is 3.12. The minimum absolute atomic E-state index is 0.192. The van der Waals surface area contributed by atoms with Crippen molar-refractivity contribution in [1.82, 2.24) is 4.90 Å². The maximum Gasteiger partial charge on any atom is 0.127 e. The van der Waals surface area contributed by atoms with Crippen LogP contribution < -0.4 is 15.2 Å². The van der Waals surface area contributed by atoms with Gasteiger partial charge in [-0.05, 0) is 38.9 Å². The topological polar surface area (TPSA) is 47.7 Å². The number of methoxy groups -OCH3 is 1. The van der Waals surface area contributed by atoms with E-state index in [2.05, 4.69) is 24.8 Å². The van der Waals surface area contributed by atoms with Gasteiger partial charge in [0.1, 0.15) is 11.5 Å². The molecule has 4 nitrogen and oxygen atoms in total. The predicted octanol–water partition coefficient (Wildman–Crippen LogP) is 3.22. The van der Waals surface area contributed by atoms with E-state index in [-0.39, 0.29) is 6.04 Å². The largest absolute Gasteiger partial charge is 0.497 e. The average Bonchev–Trinajstić information content (AvgIpc) is 2.50. The molecule has 0 aliphatic heterocycles. The number of ether oxygens (including phenoxy) is 2. The zero-order valence-electron chi connectivity index (χ0n) is 13.9. The molecule has 1 unspecified atom stereocenters. The van der Waals surface area contributed by atoms with Crippen LogP contribution in [0.1, 0.15) is 45.2 Å². The highest BCUT2D eigenvalue weighted by molar-refractivity contribution is 5.42. The van der Waals surface area contributed by atoms with Gasteiger partial charge in [-0.3, -0.25) is 4.90 Å². The SMILES string of the molecule is CCCN(CCC)C(CN)c1ccc(OC)cc1OCC. The summed E-state index contributed by atoms with van der Waals surface area (Å²) in [6, 6.07) is 6.21. The predicted molar refractivity (Wildman–Crippen MR) is 88.1 cm³/mol. The van der Waals surface area contributed by atoms with Gasteiger partial charge in [0, 0.05) is 18.2 Å². The van der Waals surface area contributed by atoms with Gasteiger partial charge in [-0.15, -0.1) is 0 Å². The fourth-order valence-electron chi connectivity index (χ4n) is 2.67. The molecule has 0 spiro atoms. The van der Waals surface area contributed by atoms with Crippen molar-refractivity contribution in [3.05, 3.63) is 23.8 Å². The summed E-state index contributed by atoms with van der Waals surface area (Å²) < 4.78 is 11.1. The second kappa shape index (κ2) is 9.64. The summed E-state index contributed by atoms with van der Waals surface area (Å²) in [4.78, 5) is 2.45. The maximum atomic E-state index is 6.07. The average molecular weight is 294 g/mol. The third kappa shape index (κ3) is 4.90. The molecule has 1 aromatic rings. The summed E-state index contributed by atoms with van der Waals surface area (Å²) in [6.07, 6.45) is 2.24. The standard InChI is InChI=1S/C17H30N2O2/c1-5-10-19(11-6-2)16(13-18)15-9-8-14(20-4)12-17(15)21-7-3/h8-9,12,16H,5-7,10-11,13,18H2,1-4H3. The van der Waals surface area contributed by atoms with E-state index in [9.17, 15) is 0 Å². The Hall–Kier alpha value is -1.26. The monoisotopic (exact) mass is 294 g/mol. The van der Waals surface area contributed by atoms with Crippen LogP contribution in [0.4, 0.5) is 0 Å². The first-order valence-corrected chi connectivity index (χ1v) is 7.96. The molecule has 1 aromatic carbocycles. The van der Waals surface area contributed by atoms with Crippen LogP contribution >= 0.6 is 0 Å². The van der Waals surface area contributed by atoms with Crippen molar-refractivity contribution >= 4 is 0 Å². The number of nitrogens with two attached hydrogens (primary N) is 1. The Kier molecular flexibility index (Phi) is 8.16. The Morgan fingerprint density at radius 3 is 2.29 bits per heavy atom. The molecule has 1 atom stereocenters. The van der Waals surface area contributed by atoms with E-state index in [4.69, 9.17) is 15.2 Å². The molecular formula is C17H30N2O2. The molecule has 1 rings (SSSR count). The minimum atomic E-state index is 0.192. The summed E-state index contributed by atoms with van der Waals surface area (Å²) in [5.41, 5.74) is 7.23. The molecule has 0 aliphatic rings. The van der Waals surface area contributed by atoms with Gasteiger partial charge in [-0.1, -0.05) is 19.9 Å². The first kappa shape index (κ1) is 17.8. The van der Waals surface area contributed by atoms with Crippen LogP contribution in [0.3, 0.4) is 0 Å². The van der Waals surface area contributed by atoms with Gasteiger partial charge in [-0.25, -0.2) is 0 Å². The molecule has 0 radical (unpaired) electrons. The summed E-state index contributed by atoms with van der Waals surface area (Å²) in [7, 11) is 1.67. The lowest BCUT2D eigenvalue weighted by Crippen LogP contribution is -2.35. The van der Waals surface area contributed by atoms with E-state index >= 15 is 0 Å². The number of benzene rings is 1. The molecule has 0 aliphatic carbocycles. The van der Waals surface area contributed by atoms with E-state index in [0.29, 0.717) is 13.2 Å². The van der Waals surface area contributed by atoms with Gasteiger partial charge in [0.2, 0.25) is 0 Å². The fourth-order valence-corrected chi connectivity index (χ4v) is 2.67. The molecule has 0 aromatic heterocycles. The molecule has 21 heavy (non-hydrogen) atoms. The Morgan fingerprint density at radius 2 is 1.81 bits per heavy atom. The molecular weight excluding hydrogens is 264 g/mol. The van der Waals surface area contributed by atoms with Crippen LogP contribution in [0.15, 0.2) is 18.2 Å². The van der Waals surface area contributed by atoms with Crippen molar-refractivity contribution in [2.75, 3.05) is 33.4 Å². The molecule has 0 bridgehead atoms. The molecule has 4 heteroatoms. The van der Waals surface area contributed by atoms with Gasteiger partial charge in [0.05, 0.1) is 19.8 Å². The zero-order chi connectivity index (χ0) is 15.7. The highest BCUT2D eigenvalue weighted by Crippen LogP contribution is 2.32. The van der Waals surface area contributed by atoms with E-state index in [1.165, 1.54) is 0 Å². The van der Waals surface area contributed by atoms with Crippen LogP contribution in [0.2, 0.25) is 0 Å². The van der Waals surface area contributed by atoms with Crippen LogP contribution in [-0.2, 0) is 0 Å². The summed E-state index contributed by atoms with van der Waals surface area (Å²) in [5.74, 6) is 1.69. The van der Waals surface area contributed by atoms with Gasteiger partial charge >= 0.3 is 0 Å². The van der Waals surface area contributed by atoms with Crippen molar-refractivity contribution in [3.63, 3.8) is 0 Å². The molecule has 120 valence electrons. The van der Waals surface area contributed by atoms with Crippen molar-refractivity contribution in [2.24, 2.45) is 5.73 Å². The quantitative estimate of drug-likeness (QED) is 0.720. The van der Waals surface area contributed by atoms with Crippen LogP contribution in [-0.4, -0.2) is 38.3 Å². The van der Waals surface area contributed by atoms with Crippen LogP contribution in [0, 0.1) is 0 Å². The summed E-state index contributed by atoms with van der Waals surface area (Å²) in [6.45, 7) is 9.73. The smallest absolute Gasteiger partial charge is 0.127 e. The Morgan fingerprint density at radius 1 is 1.14 bits per heavy atom.